The first-order chi connectivity index (χ1) is 11.3. The van der Waals surface area contributed by atoms with E-state index in [2.05, 4.69) is 60.5 Å². The van der Waals surface area contributed by atoms with Gasteiger partial charge in [0.1, 0.15) is 12.2 Å². The van der Waals surface area contributed by atoms with E-state index in [1.807, 2.05) is 0 Å². The monoisotopic (exact) mass is 303 g/mol. The molecular weight excluding hydrogens is 282 g/mol. The Morgan fingerprint density at radius 1 is 0.826 bits per heavy atom. The molecule has 2 saturated heterocycles. The van der Waals surface area contributed by atoms with Crippen molar-refractivity contribution in [3.05, 3.63) is 76.4 Å². The van der Waals surface area contributed by atoms with Crippen molar-refractivity contribution in [3.8, 4) is 0 Å². The molecule has 0 spiro atoms. The second-order valence-corrected chi connectivity index (χ2v) is 6.93. The van der Waals surface area contributed by atoms with Crippen LogP contribution in [-0.2, 0) is 4.74 Å². The molecule has 0 amide bonds. The highest BCUT2D eigenvalue weighted by Gasteiger charge is 2.46. The van der Waals surface area contributed by atoms with E-state index in [4.69, 9.17) is 4.74 Å². The number of hydrogen-bond donors (Lipinski definition) is 0. The molecule has 23 heavy (non-hydrogen) atoms. The van der Waals surface area contributed by atoms with Crippen LogP contribution in [-0.4, -0.2) is 25.0 Å². The highest BCUT2D eigenvalue weighted by Crippen LogP contribution is 2.57. The second kappa shape index (κ2) is 5.05. The van der Waals surface area contributed by atoms with Gasteiger partial charge in [-0.3, -0.25) is 0 Å². The van der Waals surface area contributed by atoms with Crippen LogP contribution >= 0.6 is 0 Å². The van der Waals surface area contributed by atoms with Gasteiger partial charge in [0.15, 0.2) is 0 Å². The van der Waals surface area contributed by atoms with Gasteiger partial charge >= 0.3 is 0 Å². The number of hydrogen-bond acceptors (Lipinski definition) is 2. The average Bonchev–Trinajstić information content (AvgIpc) is 3.38. The zero-order valence-electron chi connectivity index (χ0n) is 13.5. The topological polar surface area (TPSA) is 15.8 Å². The minimum Gasteiger partial charge on any atom is -0.359 e. The van der Waals surface area contributed by atoms with Crippen molar-refractivity contribution in [2.45, 2.75) is 25.0 Å². The molecule has 0 aromatic heterocycles. The molecule has 2 atom stereocenters. The maximum atomic E-state index is 6.03. The van der Waals surface area contributed by atoms with Crippen LogP contribution in [0.3, 0.4) is 0 Å². The Kier molecular flexibility index (Phi) is 2.97. The van der Waals surface area contributed by atoms with Gasteiger partial charge in [-0.15, -0.1) is 0 Å². The molecule has 2 nitrogen and oxygen atoms in total. The molecule has 2 unspecified atom stereocenters. The van der Waals surface area contributed by atoms with E-state index in [9.17, 15) is 0 Å². The van der Waals surface area contributed by atoms with Crippen molar-refractivity contribution in [2.75, 3.05) is 20.1 Å². The molecule has 2 heteroatoms. The Morgan fingerprint density at radius 3 is 1.91 bits per heavy atom. The number of nitrogens with zero attached hydrogens (tertiary/aromatic N) is 1. The first kappa shape index (κ1) is 13.5. The van der Waals surface area contributed by atoms with Crippen LogP contribution in [0, 0.1) is 0 Å². The van der Waals surface area contributed by atoms with Crippen LogP contribution in [0.25, 0.3) is 5.57 Å². The molecular formula is C21H21NO. The number of fused-ring (bicyclic) bond motifs is 5. The van der Waals surface area contributed by atoms with Gasteiger partial charge in [-0.05, 0) is 47.7 Å². The standard InChI is InChI=1S/C21H21NO/c1-22-12-10-14(11-13-22)19-15-6-2-4-8-17(15)20-21(23-20)18-9-5-3-7-16(18)19/h2-9,20-21H,10-13H2,1H3. The van der Waals surface area contributed by atoms with E-state index in [1.54, 1.807) is 5.57 Å². The highest BCUT2D eigenvalue weighted by molar-refractivity contribution is 5.87. The Bertz CT molecular complexity index is 743. The molecule has 2 fully saturated rings. The molecule has 5 rings (SSSR count). The summed E-state index contributed by atoms with van der Waals surface area (Å²) in [6.07, 6.45) is 2.84. The van der Waals surface area contributed by atoms with Crippen LogP contribution in [0.4, 0.5) is 0 Å². The lowest BCUT2D eigenvalue weighted by atomic mass is 9.86. The van der Waals surface area contributed by atoms with Crippen LogP contribution in [0.15, 0.2) is 54.1 Å². The minimum atomic E-state index is 0.247. The second-order valence-electron chi connectivity index (χ2n) is 6.93. The summed E-state index contributed by atoms with van der Waals surface area (Å²) in [6, 6.07) is 17.7. The molecule has 116 valence electrons. The van der Waals surface area contributed by atoms with E-state index in [1.165, 1.54) is 40.7 Å². The Labute approximate surface area is 137 Å². The van der Waals surface area contributed by atoms with Crippen LogP contribution in [0.5, 0.6) is 0 Å². The van der Waals surface area contributed by atoms with Gasteiger partial charge in [-0.2, -0.15) is 0 Å². The average molecular weight is 303 g/mol. The number of likely N-dealkylation sites (tertiary alicyclic amines) is 1. The van der Waals surface area contributed by atoms with Crippen LogP contribution in [0.1, 0.15) is 47.3 Å². The molecule has 0 bridgehead atoms. The SMILES string of the molecule is CN1CCC(=C2c3ccccc3C3OC3c3ccccc32)CC1. The van der Waals surface area contributed by atoms with Gasteiger partial charge in [0.25, 0.3) is 0 Å². The molecule has 1 aliphatic carbocycles. The molecule has 2 aliphatic heterocycles. The number of benzene rings is 2. The minimum absolute atomic E-state index is 0.247. The fourth-order valence-corrected chi connectivity index (χ4v) is 4.20. The molecule has 3 aliphatic rings. The van der Waals surface area contributed by atoms with Gasteiger partial charge in [0, 0.05) is 13.1 Å². The van der Waals surface area contributed by atoms with E-state index < -0.39 is 0 Å². The first-order valence-electron chi connectivity index (χ1n) is 8.57. The van der Waals surface area contributed by atoms with Gasteiger partial charge in [0.2, 0.25) is 0 Å². The molecule has 2 heterocycles. The number of ether oxygens (including phenoxy) is 1. The third-order valence-corrected chi connectivity index (χ3v) is 5.51. The molecule has 2 aromatic rings. The summed E-state index contributed by atoms with van der Waals surface area (Å²) in [5.74, 6) is 0. The summed E-state index contributed by atoms with van der Waals surface area (Å²) < 4.78 is 6.03. The Hall–Kier alpha value is -1.90. The summed E-state index contributed by atoms with van der Waals surface area (Å²) in [6.45, 7) is 2.32. The van der Waals surface area contributed by atoms with Gasteiger partial charge in [0.05, 0.1) is 0 Å². The van der Waals surface area contributed by atoms with Gasteiger partial charge in [-0.25, -0.2) is 0 Å². The quantitative estimate of drug-likeness (QED) is 0.673. The first-order valence-corrected chi connectivity index (χ1v) is 8.57. The predicted molar refractivity (Wildman–Crippen MR) is 92.2 cm³/mol. The third-order valence-electron chi connectivity index (χ3n) is 5.51. The smallest absolute Gasteiger partial charge is 0.114 e. The zero-order chi connectivity index (χ0) is 15.4. The summed E-state index contributed by atoms with van der Waals surface area (Å²) in [7, 11) is 2.22. The molecule has 0 saturated carbocycles. The fourth-order valence-electron chi connectivity index (χ4n) is 4.20. The fraction of sp³-hybridized carbons (Fsp3) is 0.333. The molecule has 2 aromatic carbocycles. The highest BCUT2D eigenvalue weighted by atomic mass is 16.6. The lowest BCUT2D eigenvalue weighted by Crippen LogP contribution is -2.27. The summed E-state index contributed by atoms with van der Waals surface area (Å²) in [5.41, 5.74) is 8.63. The summed E-state index contributed by atoms with van der Waals surface area (Å²) >= 11 is 0. The third kappa shape index (κ3) is 2.09. The van der Waals surface area contributed by atoms with Crippen molar-refractivity contribution in [1.82, 2.24) is 4.90 Å². The zero-order valence-corrected chi connectivity index (χ0v) is 13.5. The molecule has 0 N–H and O–H groups in total. The Morgan fingerprint density at radius 2 is 1.35 bits per heavy atom. The van der Waals surface area contributed by atoms with Crippen LogP contribution < -0.4 is 0 Å². The summed E-state index contributed by atoms with van der Waals surface area (Å²) in [5, 5.41) is 0. The van der Waals surface area contributed by atoms with Crippen LogP contribution in [0.2, 0.25) is 0 Å². The van der Waals surface area contributed by atoms with Gasteiger partial charge in [-0.1, -0.05) is 54.1 Å². The van der Waals surface area contributed by atoms with Gasteiger partial charge < -0.3 is 9.64 Å². The largest absolute Gasteiger partial charge is 0.359 e. The number of piperidine rings is 1. The maximum Gasteiger partial charge on any atom is 0.114 e. The lowest BCUT2D eigenvalue weighted by Gasteiger charge is -2.27. The summed E-state index contributed by atoms with van der Waals surface area (Å²) in [4.78, 5) is 2.43. The van der Waals surface area contributed by atoms with Crippen molar-refractivity contribution in [2.24, 2.45) is 0 Å². The van der Waals surface area contributed by atoms with Crippen molar-refractivity contribution in [1.29, 1.82) is 0 Å². The number of rotatable bonds is 0. The van der Waals surface area contributed by atoms with Crippen molar-refractivity contribution in [3.63, 3.8) is 0 Å². The van der Waals surface area contributed by atoms with Crippen molar-refractivity contribution >= 4 is 5.57 Å². The van der Waals surface area contributed by atoms with E-state index in [-0.39, 0.29) is 12.2 Å². The number of epoxide rings is 1. The van der Waals surface area contributed by atoms with E-state index in [0.717, 1.165) is 13.1 Å². The van der Waals surface area contributed by atoms with Crippen molar-refractivity contribution < 1.29 is 4.74 Å². The normalized spacial score (nSPS) is 26.1. The predicted octanol–water partition coefficient (Wildman–Crippen LogP) is 4.34. The molecule has 0 radical (unpaired) electrons. The lowest BCUT2D eigenvalue weighted by molar-refractivity contribution is 0.313. The Balaban J connectivity index is 1.77. The maximum absolute atomic E-state index is 6.03. The van der Waals surface area contributed by atoms with E-state index >= 15 is 0 Å². The van der Waals surface area contributed by atoms with E-state index in [0.29, 0.717) is 0 Å².